The number of carbonyl (C=O) groups excluding carboxylic acids is 1. The van der Waals surface area contributed by atoms with Crippen molar-refractivity contribution in [3.8, 4) is 11.3 Å². The van der Waals surface area contributed by atoms with E-state index in [9.17, 15) is 4.79 Å². The molecule has 112 valence electrons. The quantitative estimate of drug-likeness (QED) is 0.767. The first-order valence-electron chi connectivity index (χ1n) is 6.91. The number of amides is 1. The molecule has 0 bridgehead atoms. The first kappa shape index (κ1) is 15.5. The van der Waals surface area contributed by atoms with Crippen LogP contribution in [0.1, 0.15) is 12.8 Å². The molecule has 1 heterocycles. The molecular weight excluding hydrogens is 288 g/mol. The van der Waals surface area contributed by atoms with E-state index in [4.69, 9.17) is 0 Å². The lowest BCUT2D eigenvalue weighted by Crippen LogP contribution is -2.29. The molecule has 0 unspecified atom stereocenters. The molecular formula is C15H19ClN4O. The summed E-state index contributed by atoms with van der Waals surface area (Å²) in [6, 6.07) is 9.63. The predicted octanol–water partition coefficient (Wildman–Crippen LogP) is 2.44. The van der Waals surface area contributed by atoms with Gasteiger partial charge in [-0.3, -0.25) is 9.89 Å². The van der Waals surface area contributed by atoms with Crippen molar-refractivity contribution < 1.29 is 4.79 Å². The van der Waals surface area contributed by atoms with Crippen LogP contribution in [0.15, 0.2) is 36.5 Å². The summed E-state index contributed by atoms with van der Waals surface area (Å²) in [5.74, 6) is 0.777. The minimum absolute atomic E-state index is 0. The van der Waals surface area contributed by atoms with Crippen LogP contribution in [-0.4, -0.2) is 29.2 Å². The van der Waals surface area contributed by atoms with Crippen molar-refractivity contribution in [3.05, 3.63) is 36.5 Å². The number of aromatic nitrogens is 2. The van der Waals surface area contributed by atoms with Crippen LogP contribution in [-0.2, 0) is 4.79 Å². The van der Waals surface area contributed by atoms with Crippen molar-refractivity contribution in [1.82, 2.24) is 15.5 Å². The van der Waals surface area contributed by atoms with E-state index in [0.29, 0.717) is 6.54 Å². The third kappa shape index (κ3) is 4.58. The Morgan fingerprint density at radius 2 is 2.19 bits per heavy atom. The van der Waals surface area contributed by atoms with Crippen LogP contribution >= 0.6 is 12.4 Å². The van der Waals surface area contributed by atoms with Gasteiger partial charge in [0, 0.05) is 17.4 Å². The normalized spacial score (nSPS) is 13.5. The molecule has 1 saturated carbocycles. The second-order valence-electron chi connectivity index (χ2n) is 5.17. The Morgan fingerprint density at radius 3 is 2.90 bits per heavy atom. The fourth-order valence-corrected chi connectivity index (χ4v) is 2.10. The number of halogens is 1. The zero-order valence-electron chi connectivity index (χ0n) is 11.6. The summed E-state index contributed by atoms with van der Waals surface area (Å²) in [5, 5.41) is 12.9. The maximum absolute atomic E-state index is 11.8. The summed E-state index contributed by atoms with van der Waals surface area (Å²) in [7, 11) is 0. The topological polar surface area (TPSA) is 69.8 Å². The van der Waals surface area contributed by atoms with E-state index in [0.717, 1.165) is 29.4 Å². The lowest BCUT2D eigenvalue weighted by atomic mass is 10.1. The molecule has 0 radical (unpaired) electrons. The Hall–Kier alpha value is -1.85. The van der Waals surface area contributed by atoms with Crippen LogP contribution < -0.4 is 10.6 Å². The Balaban J connectivity index is 0.00000161. The zero-order valence-corrected chi connectivity index (χ0v) is 12.5. The molecule has 0 saturated heterocycles. The zero-order chi connectivity index (χ0) is 13.8. The standard InChI is InChI=1S/C15H18N4O.ClH/c20-15(10-16-9-11-4-5-11)18-13-3-1-2-12(8-13)14-6-7-17-19-14;/h1-3,6-8,11,16H,4-5,9-10H2,(H,17,19)(H,18,20);1H. The number of hydrogen-bond donors (Lipinski definition) is 3. The van der Waals surface area contributed by atoms with E-state index in [2.05, 4.69) is 20.8 Å². The van der Waals surface area contributed by atoms with Crippen molar-refractivity contribution in [2.24, 2.45) is 5.92 Å². The summed E-state index contributed by atoms with van der Waals surface area (Å²) < 4.78 is 0. The number of carbonyl (C=O) groups is 1. The van der Waals surface area contributed by atoms with Gasteiger partial charge in [-0.25, -0.2) is 0 Å². The minimum atomic E-state index is -0.00703. The van der Waals surface area contributed by atoms with Crippen molar-refractivity contribution in [3.63, 3.8) is 0 Å². The molecule has 5 nitrogen and oxygen atoms in total. The molecule has 0 atom stereocenters. The molecule has 0 aliphatic heterocycles. The number of anilines is 1. The highest BCUT2D eigenvalue weighted by Crippen LogP contribution is 2.27. The number of rotatable bonds is 6. The second-order valence-corrected chi connectivity index (χ2v) is 5.17. The van der Waals surface area contributed by atoms with Crippen LogP contribution in [0, 0.1) is 5.92 Å². The van der Waals surface area contributed by atoms with Gasteiger partial charge in [0.2, 0.25) is 5.91 Å². The number of nitrogens with one attached hydrogen (secondary N) is 3. The van der Waals surface area contributed by atoms with Crippen molar-refractivity contribution in [2.45, 2.75) is 12.8 Å². The van der Waals surface area contributed by atoms with Crippen molar-refractivity contribution in [2.75, 3.05) is 18.4 Å². The van der Waals surface area contributed by atoms with Crippen LogP contribution in [0.2, 0.25) is 0 Å². The van der Waals surface area contributed by atoms with Gasteiger partial charge in [0.25, 0.3) is 0 Å². The van der Waals surface area contributed by atoms with Gasteiger partial charge in [0.1, 0.15) is 0 Å². The number of hydrogen-bond acceptors (Lipinski definition) is 3. The van der Waals surface area contributed by atoms with Gasteiger partial charge >= 0.3 is 0 Å². The van der Waals surface area contributed by atoms with Gasteiger partial charge in [-0.1, -0.05) is 12.1 Å². The monoisotopic (exact) mass is 306 g/mol. The molecule has 0 spiro atoms. The average Bonchev–Trinajstić information content (AvgIpc) is 3.10. The van der Waals surface area contributed by atoms with E-state index in [1.54, 1.807) is 6.20 Å². The molecule has 1 aromatic carbocycles. The third-order valence-corrected chi connectivity index (χ3v) is 3.37. The second kappa shape index (κ2) is 7.24. The number of aromatic amines is 1. The molecule has 1 amide bonds. The van der Waals surface area contributed by atoms with Gasteiger partial charge in [0.05, 0.1) is 12.2 Å². The molecule has 1 aromatic heterocycles. The lowest BCUT2D eigenvalue weighted by Gasteiger charge is -2.07. The fraction of sp³-hybridized carbons (Fsp3) is 0.333. The van der Waals surface area contributed by atoms with Crippen LogP contribution in [0.4, 0.5) is 5.69 Å². The van der Waals surface area contributed by atoms with Crippen molar-refractivity contribution >= 4 is 24.0 Å². The fourth-order valence-electron chi connectivity index (χ4n) is 2.10. The highest BCUT2D eigenvalue weighted by Gasteiger charge is 2.20. The maximum atomic E-state index is 11.8. The molecule has 1 aliphatic carbocycles. The summed E-state index contributed by atoms with van der Waals surface area (Å²) in [6.07, 6.45) is 4.30. The van der Waals surface area contributed by atoms with Crippen LogP contribution in [0.5, 0.6) is 0 Å². The lowest BCUT2D eigenvalue weighted by molar-refractivity contribution is -0.115. The SMILES string of the molecule is Cl.O=C(CNCC1CC1)Nc1cccc(-c2ccn[nH]2)c1. The summed E-state index contributed by atoms with van der Waals surface area (Å²) in [6.45, 7) is 1.31. The van der Waals surface area contributed by atoms with E-state index < -0.39 is 0 Å². The highest BCUT2D eigenvalue weighted by molar-refractivity contribution is 5.92. The summed E-state index contributed by atoms with van der Waals surface area (Å²) >= 11 is 0. The third-order valence-electron chi connectivity index (χ3n) is 3.37. The molecule has 1 aliphatic rings. The summed E-state index contributed by atoms with van der Waals surface area (Å²) in [5.41, 5.74) is 2.74. The van der Waals surface area contributed by atoms with Gasteiger partial charge in [-0.15, -0.1) is 12.4 Å². The number of H-pyrrole nitrogens is 1. The van der Waals surface area contributed by atoms with Crippen LogP contribution in [0.3, 0.4) is 0 Å². The number of benzene rings is 1. The summed E-state index contributed by atoms with van der Waals surface area (Å²) in [4.78, 5) is 11.8. The molecule has 3 rings (SSSR count). The molecule has 3 N–H and O–H groups in total. The highest BCUT2D eigenvalue weighted by atomic mass is 35.5. The van der Waals surface area contributed by atoms with E-state index >= 15 is 0 Å². The Labute approximate surface area is 129 Å². The van der Waals surface area contributed by atoms with Gasteiger partial charge in [-0.05, 0) is 43.5 Å². The first-order valence-corrected chi connectivity index (χ1v) is 6.91. The van der Waals surface area contributed by atoms with Crippen molar-refractivity contribution in [1.29, 1.82) is 0 Å². The molecule has 6 heteroatoms. The largest absolute Gasteiger partial charge is 0.325 e. The van der Waals surface area contributed by atoms with Gasteiger partial charge < -0.3 is 10.6 Å². The molecule has 21 heavy (non-hydrogen) atoms. The Morgan fingerprint density at radius 1 is 1.33 bits per heavy atom. The molecule has 1 fully saturated rings. The average molecular weight is 307 g/mol. The van der Waals surface area contributed by atoms with Gasteiger partial charge in [-0.2, -0.15) is 5.10 Å². The first-order chi connectivity index (χ1) is 9.81. The number of nitrogens with zero attached hydrogens (tertiary/aromatic N) is 1. The Kier molecular flexibility index (Phi) is 5.36. The maximum Gasteiger partial charge on any atom is 0.238 e. The molecule has 2 aromatic rings. The van der Waals surface area contributed by atoms with Crippen LogP contribution in [0.25, 0.3) is 11.3 Å². The smallest absolute Gasteiger partial charge is 0.238 e. The minimum Gasteiger partial charge on any atom is -0.325 e. The Bertz CT molecular complexity index is 581. The van der Waals surface area contributed by atoms with Gasteiger partial charge in [0.15, 0.2) is 0 Å². The predicted molar refractivity (Wildman–Crippen MR) is 85.5 cm³/mol. The van der Waals surface area contributed by atoms with E-state index in [1.165, 1.54) is 12.8 Å². The van der Waals surface area contributed by atoms with E-state index in [-0.39, 0.29) is 18.3 Å². The van der Waals surface area contributed by atoms with E-state index in [1.807, 2.05) is 30.3 Å².